The summed E-state index contributed by atoms with van der Waals surface area (Å²) in [4.78, 5) is 19.5. The standard InChI is InChI=1S/C26H25ClN4O2/c1-17-7-9-19(10-8-17)23-14-24(30-29-23)26(32)31-11-3-5-20(16-31)25-28-15-22(33-25)13-18-4-2-6-21(27)12-18/h2,4,6-10,12,14-15,20H,3,5,11,13,16H2,1H3,(H,29,30). The van der Waals surface area contributed by atoms with Gasteiger partial charge in [-0.15, -0.1) is 0 Å². The van der Waals surface area contributed by atoms with E-state index in [9.17, 15) is 4.79 Å². The van der Waals surface area contributed by atoms with Gasteiger partial charge in [0.2, 0.25) is 0 Å². The predicted molar refractivity (Wildman–Crippen MR) is 127 cm³/mol. The van der Waals surface area contributed by atoms with Crippen molar-refractivity contribution < 1.29 is 9.21 Å². The van der Waals surface area contributed by atoms with Crippen molar-refractivity contribution in [3.63, 3.8) is 0 Å². The predicted octanol–water partition coefficient (Wildman–Crippen LogP) is 5.64. The van der Waals surface area contributed by atoms with Crippen LogP contribution in [0.1, 0.15) is 52.0 Å². The number of nitrogens with zero attached hydrogens (tertiary/aromatic N) is 3. The fourth-order valence-corrected chi connectivity index (χ4v) is 4.49. The second-order valence-corrected chi connectivity index (χ2v) is 9.03. The van der Waals surface area contributed by atoms with E-state index in [1.54, 1.807) is 6.20 Å². The Bertz CT molecular complexity index is 1260. The Morgan fingerprint density at radius 3 is 2.88 bits per heavy atom. The molecule has 0 radical (unpaired) electrons. The third-order valence-electron chi connectivity index (χ3n) is 6.05. The SMILES string of the molecule is Cc1ccc(-c2cc(C(=O)N3CCCC(c4ncc(Cc5cccc(Cl)c5)o4)C3)[nH]n2)cc1. The number of likely N-dealkylation sites (tertiary alicyclic amines) is 1. The van der Waals surface area contributed by atoms with Crippen molar-refractivity contribution in [3.05, 3.63) is 94.3 Å². The number of oxazole rings is 1. The normalized spacial score (nSPS) is 16.2. The van der Waals surface area contributed by atoms with Crippen LogP contribution in [-0.4, -0.2) is 39.1 Å². The van der Waals surface area contributed by atoms with Gasteiger partial charge in [0.25, 0.3) is 5.91 Å². The molecular weight excluding hydrogens is 436 g/mol. The maximum atomic E-state index is 13.1. The molecule has 1 amide bonds. The second kappa shape index (κ2) is 9.24. The lowest BCUT2D eigenvalue weighted by molar-refractivity contribution is 0.0692. The molecule has 1 aliphatic heterocycles. The molecule has 168 valence electrons. The van der Waals surface area contributed by atoms with Gasteiger partial charge in [0, 0.05) is 30.1 Å². The molecule has 7 heteroatoms. The highest BCUT2D eigenvalue weighted by Crippen LogP contribution is 2.28. The monoisotopic (exact) mass is 460 g/mol. The number of carbonyl (C=O) groups is 1. The Kier molecular flexibility index (Phi) is 6.01. The van der Waals surface area contributed by atoms with E-state index in [1.165, 1.54) is 5.56 Å². The van der Waals surface area contributed by atoms with Crippen molar-refractivity contribution >= 4 is 17.5 Å². The average molecular weight is 461 g/mol. The third-order valence-corrected chi connectivity index (χ3v) is 6.29. The number of rotatable bonds is 5. The lowest BCUT2D eigenvalue weighted by Crippen LogP contribution is -2.39. The van der Waals surface area contributed by atoms with E-state index < -0.39 is 0 Å². The van der Waals surface area contributed by atoms with Crippen LogP contribution in [0.25, 0.3) is 11.3 Å². The summed E-state index contributed by atoms with van der Waals surface area (Å²) in [6.07, 6.45) is 4.26. The molecule has 1 saturated heterocycles. The summed E-state index contributed by atoms with van der Waals surface area (Å²) in [5.74, 6) is 1.52. The number of aromatic nitrogens is 3. The van der Waals surface area contributed by atoms with Crippen LogP contribution >= 0.6 is 11.6 Å². The summed E-state index contributed by atoms with van der Waals surface area (Å²) in [6.45, 7) is 3.34. The van der Waals surface area contributed by atoms with Crippen molar-refractivity contribution in [2.45, 2.75) is 32.1 Å². The van der Waals surface area contributed by atoms with Gasteiger partial charge >= 0.3 is 0 Å². The van der Waals surface area contributed by atoms with E-state index in [0.29, 0.717) is 36.1 Å². The molecule has 0 spiro atoms. The first-order valence-corrected chi connectivity index (χ1v) is 11.5. The minimum Gasteiger partial charge on any atom is -0.445 e. The number of hydrogen-bond donors (Lipinski definition) is 1. The van der Waals surface area contributed by atoms with E-state index in [0.717, 1.165) is 35.4 Å². The summed E-state index contributed by atoms with van der Waals surface area (Å²) in [5.41, 5.74) is 4.52. The van der Waals surface area contributed by atoms with Crippen LogP contribution in [0.4, 0.5) is 0 Å². The summed E-state index contributed by atoms with van der Waals surface area (Å²) < 4.78 is 6.06. The number of aromatic amines is 1. The van der Waals surface area contributed by atoms with E-state index in [4.69, 9.17) is 16.0 Å². The van der Waals surface area contributed by atoms with E-state index in [1.807, 2.05) is 66.4 Å². The summed E-state index contributed by atoms with van der Waals surface area (Å²) in [7, 11) is 0. The molecule has 0 bridgehead atoms. The van der Waals surface area contributed by atoms with Crippen molar-refractivity contribution in [2.75, 3.05) is 13.1 Å². The van der Waals surface area contributed by atoms with Crippen LogP contribution in [0.5, 0.6) is 0 Å². The molecule has 3 heterocycles. The van der Waals surface area contributed by atoms with Crippen molar-refractivity contribution in [1.29, 1.82) is 0 Å². The minimum absolute atomic E-state index is 0.0451. The first-order chi connectivity index (χ1) is 16.0. The molecule has 2 aromatic heterocycles. The van der Waals surface area contributed by atoms with Crippen LogP contribution in [0.15, 0.2) is 65.2 Å². The smallest absolute Gasteiger partial charge is 0.271 e. The summed E-state index contributed by atoms with van der Waals surface area (Å²) >= 11 is 6.09. The Balaban J connectivity index is 1.26. The average Bonchev–Trinajstić information content (AvgIpc) is 3.50. The molecule has 2 aromatic carbocycles. The zero-order valence-corrected chi connectivity index (χ0v) is 19.2. The molecule has 1 N–H and O–H groups in total. The van der Waals surface area contributed by atoms with Crippen molar-refractivity contribution in [2.24, 2.45) is 0 Å². The molecule has 6 nitrogen and oxygen atoms in total. The number of H-pyrrole nitrogens is 1. The number of piperidine rings is 1. The van der Waals surface area contributed by atoms with Crippen molar-refractivity contribution in [1.82, 2.24) is 20.1 Å². The van der Waals surface area contributed by atoms with Gasteiger partial charge in [-0.1, -0.05) is 53.6 Å². The molecule has 0 aliphatic carbocycles. The second-order valence-electron chi connectivity index (χ2n) is 8.59. The third kappa shape index (κ3) is 4.86. The highest BCUT2D eigenvalue weighted by atomic mass is 35.5. The van der Waals surface area contributed by atoms with Gasteiger partial charge in [-0.3, -0.25) is 9.89 Å². The molecular formula is C26H25ClN4O2. The molecule has 33 heavy (non-hydrogen) atoms. The fraction of sp³-hybridized carbons (Fsp3) is 0.269. The number of aryl methyl sites for hydroxylation is 1. The highest BCUT2D eigenvalue weighted by molar-refractivity contribution is 6.30. The highest BCUT2D eigenvalue weighted by Gasteiger charge is 2.29. The van der Waals surface area contributed by atoms with Crippen molar-refractivity contribution in [3.8, 4) is 11.3 Å². The number of carbonyl (C=O) groups excluding carboxylic acids is 1. The summed E-state index contributed by atoms with van der Waals surface area (Å²) in [6, 6.07) is 17.7. The molecule has 4 aromatic rings. The number of hydrogen-bond acceptors (Lipinski definition) is 4. The van der Waals surface area contributed by atoms with Gasteiger partial charge in [-0.2, -0.15) is 5.10 Å². The Morgan fingerprint density at radius 2 is 2.06 bits per heavy atom. The summed E-state index contributed by atoms with van der Waals surface area (Å²) in [5, 5.41) is 7.97. The molecule has 1 unspecified atom stereocenters. The molecule has 1 aliphatic rings. The number of benzene rings is 2. The van der Waals surface area contributed by atoms with E-state index in [2.05, 4.69) is 15.2 Å². The lowest BCUT2D eigenvalue weighted by atomic mass is 9.97. The van der Waals surface area contributed by atoms with E-state index in [-0.39, 0.29) is 11.8 Å². The molecule has 0 saturated carbocycles. The van der Waals surface area contributed by atoms with Gasteiger partial charge < -0.3 is 9.32 Å². The van der Waals surface area contributed by atoms with E-state index >= 15 is 0 Å². The Morgan fingerprint density at radius 1 is 1.21 bits per heavy atom. The molecule has 5 rings (SSSR count). The maximum Gasteiger partial charge on any atom is 0.271 e. The zero-order chi connectivity index (χ0) is 22.8. The molecule has 1 fully saturated rings. The van der Waals surface area contributed by atoms with Gasteiger partial charge in [-0.25, -0.2) is 4.98 Å². The first kappa shape index (κ1) is 21.5. The van der Waals surface area contributed by atoms with Crippen LogP contribution < -0.4 is 0 Å². The van der Waals surface area contributed by atoms with Crippen LogP contribution in [0.3, 0.4) is 0 Å². The first-order valence-electron chi connectivity index (χ1n) is 11.2. The van der Waals surface area contributed by atoms with Crippen LogP contribution in [-0.2, 0) is 6.42 Å². The van der Waals surface area contributed by atoms with Crippen LogP contribution in [0.2, 0.25) is 5.02 Å². The van der Waals surface area contributed by atoms with Gasteiger partial charge in [-0.05, 0) is 43.5 Å². The van der Waals surface area contributed by atoms with Gasteiger partial charge in [0.15, 0.2) is 5.89 Å². The van der Waals surface area contributed by atoms with Crippen LogP contribution in [0, 0.1) is 6.92 Å². The Hall–Kier alpha value is -3.38. The quantitative estimate of drug-likeness (QED) is 0.418. The maximum absolute atomic E-state index is 13.1. The topological polar surface area (TPSA) is 75.0 Å². The minimum atomic E-state index is -0.0451. The fourth-order valence-electron chi connectivity index (χ4n) is 4.28. The Labute approximate surface area is 197 Å². The van der Waals surface area contributed by atoms with Gasteiger partial charge in [0.1, 0.15) is 11.5 Å². The number of amides is 1. The lowest BCUT2D eigenvalue weighted by Gasteiger charge is -2.30. The van der Waals surface area contributed by atoms with Gasteiger partial charge in [0.05, 0.1) is 17.8 Å². The largest absolute Gasteiger partial charge is 0.445 e. The number of halogens is 1. The number of nitrogens with one attached hydrogen (secondary N) is 1. The zero-order valence-electron chi connectivity index (χ0n) is 18.4. The molecule has 1 atom stereocenters.